The Labute approximate surface area is 449 Å². The van der Waals surface area contributed by atoms with Crippen molar-refractivity contribution in [3.63, 3.8) is 0 Å². The summed E-state index contributed by atoms with van der Waals surface area (Å²) in [6, 6.07) is 0. The highest BCUT2D eigenvalue weighted by Crippen LogP contribution is 2.16. The highest BCUT2D eigenvalue weighted by molar-refractivity contribution is 5.70. The van der Waals surface area contributed by atoms with Crippen molar-refractivity contribution >= 4 is 17.9 Å². The van der Waals surface area contributed by atoms with Crippen molar-refractivity contribution in [2.75, 3.05) is 47.5 Å². The monoisotopic (exact) mass is 1020 g/mol. The number of rotatable bonds is 55. The molecule has 2 unspecified atom stereocenters. The van der Waals surface area contributed by atoms with E-state index in [0.29, 0.717) is 17.4 Å². The molecule has 9 heteroatoms. The second kappa shape index (κ2) is 55.0. The van der Waals surface area contributed by atoms with Gasteiger partial charge in [0.2, 0.25) is 0 Å². The Hall–Kier alpha value is -3.27. The third-order valence-electron chi connectivity index (χ3n) is 12.9. The van der Waals surface area contributed by atoms with E-state index in [-0.39, 0.29) is 38.6 Å². The number of aliphatic carboxylic acids is 1. The molecule has 9 nitrogen and oxygen atoms in total. The van der Waals surface area contributed by atoms with Crippen LogP contribution in [0.3, 0.4) is 0 Å². The van der Waals surface area contributed by atoms with Gasteiger partial charge in [-0.2, -0.15) is 0 Å². The number of carboxylic acid groups (broad SMARTS) is 1. The topological polar surface area (TPSA) is 111 Å². The number of carbonyl (C=O) groups excluding carboxylic acids is 3. The predicted molar refractivity (Wildman–Crippen MR) is 306 cm³/mol. The normalized spacial score (nSPS) is 13.3. The third kappa shape index (κ3) is 56.3. The summed E-state index contributed by atoms with van der Waals surface area (Å²) in [6.45, 7) is 4.63. The lowest BCUT2D eigenvalue weighted by Crippen LogP contribution is -2.44. The average molecular weight is 1020 g/mol. The molecule has 0 amide bonds. The van der Waals surface area contributed by atoms with E-state index in [4.69, 9.17) is 18.9 Å². The number of carbonyl (C=O) groups is 3. The molecular weight excluding hydrogens is 911 g/mol. The molecule has 0 saturated carbocycles. The quantitative estimate of drug-likeness (QED) is 0.0195. The van der Waals surface area contributed by atoms with Gasteiger partial charge in [-0.05, 0) is 83.5 Å². The molecule has 2 atom stereocenters. The standard InChI is InChI=1S/C64H113NO8/c1-6-8-10-12-14-16-18-20-22-24-26-28-29-30-31-32-33-35-36-38-40-42-44-46-48-50-52-54-61(66)71-58-60(59-72-64(63(68)69)70-57-56-65(3,4)5)73-62(67)55-53-51-49-47-45-43-41-39-37-34-27-25-23-21-19-17-15-13-11-9-7-2/h9,11,15,17,21,23-24,26-27,34,39,41,60,64H,6-8,10,12-14,16,18-20,22,25,28-33,35-38,40,42-59H2,1-5H3/b11-9-,17-15-,23-21-,26-24-,34-27-,41-39-. The van der Waals surface area contributed by atoms with Gasteiger partial charge in [-0.15, -0.1) is 0 Å². The molecule has 422 valence electrons. The van der Waals surface area contributed by atoms with E-state index in [1.165, 1.54) is 141 Å². The molecule has 0 fully saturated rings. The van der Waals surface area contributed by atoms with Gasteiger partial charge in [0, 0.05) is 12.8 Å². The first kappa shape index (κ1) is 69.7. The summed E-state index contributed by atoms with van der Waals surface area (Å²) in [5.74, 6) is -2.31. The zero-order chi connectivity index (χ0) is 53.4. The van der Waals surface area contributed by atoms with Crippen molar-refractivity contribution in [3.8, 4) is 0 Å². The molecule has 0 aliphatic heterocycles. The van der Waals surface area contributed by atoms with Crippen LogP contribution in [-0.4, -0.2) is 82.3 Å². The van der Waals surface area contributed by atoms with Crippen LogP contribution in [-0.2, 0) is 33.3 Å². The van der Waals surface area contributed by atoms with E-state index in [2.05, 4.69) is 86.8 Å². The van der Waals surface area contributed by atoms with Gasteiger partial charge in [0.25, 0.3) is 0 Å². The maximum atomic E-state index is 12.9. The largest absolute Gasteiger partial charge is 0.545 e. The van der Waals surface area contributed by atoms with Gasteiger partial charge >= 0.3 is 11.9 Å². The number of hydrogen-bond donors (Lipinski definition) is 0. The number of nitrogens with zero attached hydrogens (tertiary/aromatic N) is 1. The van der Waals surface area contributed by atoms with E-state index in [1.807, 2.05) is 21.1 Å². The summed E-state index contributed by atoms with van der Waals surface area (Å²) in [5, 5.41) is 11.8. The number of carboxylic acids is 1. The summed E-state index contributed by atoms with van der Waals surface area (Å²) in [5.41, 5.74) is 0. The van der Waals surface area contributed by atoms with Crippen molar-refractivity contribution in [3.05, 3.63) is 72.9 Å². The molecule has 0 spiro atoms. The van der Waals surface area contributed by atoms with Crippen LogP contribution in [0.1, 0.15) is 258 Å². The first-order chi connectivity index (χ1) is 35.6. The number of quaternary nitrogens is 1. The molecule has 73 heavy (non-hydrogen) atoms. The SMILES string of the molecule is CC/C=C\C/C=C\C/C=C\C/C=C\C/C=C\CCCCCCCC(=O)OC(COC(=O)CCCCCCCCCCCCCCCCC/C=C\CCCCCCCCCC)COC(OCC[N+](C)(C)C)C(=O)[O-]. The van der Waals surface area contributed by atoms with Gasteiger partial charge in [-0.25, -0.2) is 0 Å². The first-order valence-corrected chi connectivity index (χ1v) is 30.1. The molecule has 0 rings (SSSR count). The maximum Gasteiger partial charge on any atom is 0.306 e. The van der Waals surface area contributed by atoms with Gasteiger partial charge in [0.05, 0.1) is 40.3 Å². The Morgan fingerprint density at radius 3 is 1.18 bits per heavy atom. The number of ether oxygens (including phenoxy) is 4. The van der Waals surface area contributed by atoms with Crippen molar-refractivity contribution in [2.45, 2.75) is 270 Å². The van der Waals surface area contributed by atoms with E-state index in [1.54, 1.807) is 0 Å². The molecule has 0 N–H and O–H groups in total. The number of unbranched alkanes of at least 4 members (excludes halogenated alkanes) is 28. The fraction of sp³-hybridized carbons (Fsp3) is 0.766. The van der Waals surface area contributed by atoms with Crippen LogP contribution in [0.5, 0.6) is 0 Å². The minimum Gasteiger partial charge on any atom is -0.545 e. The zero-order valence-electron chi connectivity index (χ0n) is 48.0. The molecule has 0 heterocycles. The third-order valence-corrected chi connectivity index (χ3v) is 12.9. The maximum absolute atomic E-state index is 12.9. The Morgan fingerprint density at radius 1 is 0.425 bits per heavy atom. The minimum absolute atomic E-state index is 0.141. The highest BCUT2D eigenvalue weighted by Gasteiger charge is 2.22. The lowest BCUT2D eigenvalue weighted by atomic mass is 10.0. The minimum atomic E-state index is -1.63. The van der Waals surface area contributed by atoms with Crippen LogP contribution >= 0.6 is 0 Å². The van der Waals surface area contributed by atoms with Gasteiger partial charge in [0.1, 0.15) is 13.2 Å². The zero-order valence-corrected chi connectivity index (χ0v) is 48.0. The van der Waals surface area contributed by atoms with Crippen molar-refractivity contribution in [1.82, 2.24) is 0 Å². The lowest BCUT2D eigenvalue weighted by Gasteiger charge is -2.26. The van der Waals surface area contributed by atoms with Crippen LogP contribution in [0.4, 0.5) is 0 Å². The van der Waals surface area contributed by atoms with E-state index in [9.17, 15) is 19.5 Å². The van der Waals surface area contributed by atoms with Gasteiger partial charge in [-0.1, -0.05) is 234 Å². The van der Waals surface area contributed by atoms with Crippen molar-refractivity contribution in [1.29, 1.82) is 0 Å². The number of allylic oxidation sites excluding steroid dienone is 12. The Morgan fingerprint density at radius 2 is 0.781 bits per heavy atom. The predicted octanol–water partition coefficient (Wildman–Crippen LogP) is 16.5. The van der Waals surface area contributed by atoms with Crippen molar-refractivity contribution in [2.24, 2.45) is 0 Å². The molecule has 0 aliphatic rings. The molecule has 0 aliphatic carbocycles. The summed E-state index contributed by atoms with van der Waals surface area (Å²) >= 11 is 0. The second-order valence-corrected chi connectivity index (χ2v) is 21.3. The van der Waals surface area contributed by atoms with Crippen molar-refractivity contribution < 1.29 is 42.9 Å². The Balaban J connectivity index is 4.23. The number of hydrogen-bond acceptors (Lipinski definition) is 8. The smallest absolute Gasteiger partial charge is 0.306 e. The molecule has 0 bridgehead atoms. The molecule has 0 aromatic heterocycles. The molecular formula is C64H113NO8. The lowest BCUT2D eigenvalue weighted by molar-refractivity contribution is -0.870. The fourth-order valence-electron chi connectivity index (χ4n) is 8.32. The van der Waals surface area contributed by atoms with Crippen LogP contribution in [0.2, 0.25) is 0 Å². The molecule has 0 saturated heterocycles. The summed E-state index contributed by atoms with van der Waals surface area (Å²) < 4.78 is 22.7. The molecule has 0 aromatic rings. The van der Waals surface area contributed by atoms with Gasteiger partial charge < -0.3 is 33.3 Å². The molecule has 0 aromatic carbocycles. The fourth-order valence-corrected chi connectivity index (χ4v) is 8.32. The number of likely N-dealkylation sites (N-methyl/N-ethyl adjacent to an activating group) is 1. The van der Waals surface area contributed by atoms with Gasteiger partial charge in [-0.3, -0.25) is 9.59 Å². The van der Waals surface area contributed by atoms with Gasteiger partial charge in [0.15, 0.2) is 12.4 Å². The summed E-state index contributed by atoms with van der Waals surface area (Å²) in [7, 11) is 5.91. The number of esters is 2. The average Bonchev–Trinajstić information content (AvgIpc) is 3.36. The first-order valence-electron chi connectivity index (χ1n) is 30.1. The summed E-state index contributed by atoms with van der Waals surface area (Å²) in [6.07, 6.45) is 68.1. The van der Waals surface area contributed by atoms with Crippen LogP contribution in [0, 0.1) is 0 Å². The Bertz CT molecular complexity index is 1420. The highest BCUT2D eigenvalue weighted by atomic mass is 16.7. The van der Waals surface area contributed by atoms with Crippen LogP contribution < -0.4 is 5.11 Å². The van der Waals surface area contributed by atoms with E-state index < -0.39 is 24.3 Å². The second-order valence-electron chi connectivity index (χ2n) is 21.3. The van der Waals surface area contributed by atoms with Crippen LogP contribution in [0.15, 0.2) is 72.9 Å². The van der Waals surface area contributed by atoms with Crippen LogP contribution in [0.25, 0.3) is 0 Å². The Kier molecular flexibility index (Phi) is 52.5. The molecule has 0 radical (unpaired) electrons. The van der Waals surface area contributed by atoms with E-state index >= 15 is 0 Å². The van der Waals surface area contributed by atoms with E-state index in [0.717, 1.165) is 83.5 Å². The summed E-state index contributed by atoms with van der Waals surface area (Å²) in [4.78, 5) is 37.3.